The molecule has 2 aliphatic heterocycles. The van der Waals surface area contributed by atoms with E-state index in [1.807, 2.05) is 24.3 Å². The highest BCUT2D eigenvalue weighted by Crippen LogP contribution is 2.44. The Kier molecular flexibility index (Phi) is 5.07. The second-order valence-corrected chi connectivity index (χ2v) is 9.74. The number of hydrogen-bond acceptors (Lipinski definition) is 4. The van der Waals surface area contributed by atoms with Crippen molar-refractivity contribution in [3.8, 4) is 0 Å². The number of benzene rings is 2. The second kappa shape index (κ2) is 7.36. The van der Waals surface area contributed by atoms with E-state index in [0.717, 1.165) is 19.6 Å². The highest BCUT2D eigenvalue weighted by molar-refractivity contribution is 7.89. The molecule has 2 aromatic rings. The van der Waals surface area contributed by atoms with Crippen LogP contribution < -0.4 is 0 Å². The van der Waals surface area contributed by atoms with Crippen molar-refractivity contribution in [3.63, 3.8) is 0 Å². The van der Waals surface area contributed by atoms with Gasteiger partial charge in [-0.1, -0.05) is 48.5 Å². The quantitative estimate of drug-likeness (QED) is 0.856. The molecule has 0 aliphatic carbocycles. The SMILES string of the molecule is O=S(=O)(c1ccccc1)N1CC[C@@]2(CO)CN(Cc3ccccc3)C[C@H]2C1. The van der Waals surface area contributed by atoms with Crippen LogP contribution in [0.25, 0.3) is 0 Å². The Morgan fingerprint density at radius 2 is 1.67 bits per heavy atom. The molecule has 27 heavy (non-hydrogen) atoms. The van der Waals surface area contributed by atoms with E-state index in [-0.39, 0.29) is 17.9 Å². The molecule has 0 bridgehead atoms. The highest BCUT2D eigenvalue weighted by atomic mass is 32.2. The first kappa shape index (κ1) is 18.6. The van der Waals surface area contributed by atoms with E-state index >= 15 is 0 Å². The van der Waals surface area contributed by atoms with Gasteiger partial charge in [-0.25, -0.2) is 8.42 Å². The lowest BCUT2D eigenvalue weighted by Gasteiger charge is -2.41. The van der Waals surface area contributed by atoms with Gasteiger partial charge in [-0.15, -0.1) is 0 Å². The fourth-order valence-electron chi connectivity index (χ4n) is 4.54. The van der Waals surface area contributed by atoms with Crippen LogP contribution in [0.5, 0.6) is 0 Å². The lowest BCUT2D eigenvalue weighted by Crippen LogP contribution is -2.50. The number of rotatable bonds is 5. The lowest BCUT2D eigenvalue weighted by atomic mass is 9.74. The summed E-state index contributed by atoms with van der Waals surface area (Å²) in [6, 6.07) is 18.9. The average molecular weight is 387 g/mol. The number of nitrogens with zero attached hydrogens (tertiary/aromatic N) is 2. The highest BCUT2D eigenvalue weighted by Gasteiger charge is 2.50. The summed E-state index contributed by atoms with van der Waals surface area (Å²) in [5.41, 5.74) is 1.05. The van der Waals surface area contributed by atoms with Crippen molar-refractivity contribution in [3.05, 3.63) is 66.2 Å². The van der Waals surface area contributed by atoms with Crippen molar-refractivity contribution < 1.29 is 13.5 Å². The summed E-state index contributed by atoms with van der Waals surface area (Å²) in [5, 5.41) is 10.1. The summed E-state index contributed by atoms with van der Waals surface area (Å²) in [6.07, 6.45) is 0.700. The van der Waals surface area contributed by atoms with E-state index in [4.69, 9.17) is 0 Å². The van der Waals surface area contributed by atoms with Gasteiger partial charge in [0.25, 0.3) is 0 Å². The summed E-state index contributed by atoms with van der Waals surface area (Å²) in [4.78, 5) is 2.70. The van der Waals surface area contributed by atoms with Gasteiger partial charge in [-0.05, 0) is 30.0 Å². The van der Waals surface area contributed by atoms with Crippen LogP contribution in [0.1, 0.15) is 12.0 Å². The maximum atomic E-state index is 13.0. The molecule has 2 heterocycles. The van der Waals surface area contributed by atoms with Crippen molar-refractivity contribution in [1.29, 1.82) is 0 Å². The van der Waals surface area contributed by atoms with Gasteiger partial charge in [0.1, 0.15) is 0 Å². The lowest BCUT2D eigenvalue weighted by molar-refractivity contribution is 0.0436. The Labute approximate surface area is 161 Å². The Balaban J connectivity index is 1.51. The van der Waals surface area contributed by atoms with Gasteiger partial charge in [-0.2, -0.15) is 4.31 Å². The fourth-order valence-corrected chi connectivity index (χ4v) is 6.05. The van der Waals surface area contributed by atoms with Gasteiger partial charge < -0.3 is 5.11 Å². The predicted molar refractivity (Wildman–Crippen MR) is 105 cm³/mol. The van der Waals surface area contributed by atoms with Crippen molar-refractivity contribution in [1.82, 2.24) is 9.21 Å². The van der Waals surface area contributed by atoms with Crippen LogP contribution in [-0.2, 0) is 16.6 Å². The summed E-state index contributed by atoms with van der Waals surface area (Å²) >= 11 is 0. The molecule has 6 heteroatoms. The van der Waals surface area contributed by atoms with E-state index in [1.165, 1.54) is 5.56 Å². The van der Waals surface area contributed by atoms with E-state index < -0.39 is 10.0 Å². The molecule has 0 saturated carbocycles. The van der Waals surface area contributed by atoms with Gasteiger partial charge in [0.05, 0.1) is 11.5 Å². The average Bonchev–Trinajstić information content (AvgIpc) is 3.07. The third-order valence-corrected chi connectivity index (χ3v) is 7.99. The molecule has 2 fully saturated rings. The van der Waals surface area contributed by atoms with Crippen LogP contribution in [0.3, 0.4) is 0 Å². The largest absolute Gasteiger partial charge is 0.396 e. The smallest absolute Gasteiger partial charge is 0.243 e. The van der Waals surface area contributed by atoms with E-state index in [2.05, 4.69) is 17.0 Å². The maximum absolute atomic E-state index is 13.0. The number of aliphatic hydroxyl groups is 1. The maximum Gasteiger partial charge on any atom is 0.243 e. The summed E-state index contributed by atoms with van der Waals surface area (Å²) in [7, 11) is -3.48. The molecule has 0 amide bonds. The minimum Gasteiger partial charge on any atom is -0.396 e. The van der Waals surface area contributed by atoms with Gasteiger partial charge in [-0.3, -0.25) is 4.90 Å². The van der Waals surface area contributed by atoms with Gasteiger partial charge >= 0.3 is 0 Å². The summed E-state index contributed by atoms with van der Waals surface area (Å²) in [5.74, 6) is 0.151. The number of fused-ring (bicyclic) bond motifs is 1. The number of aliphatic hydroxyl groups excluding tert-OH is 1. The van der Waals surface area contributed by atoms with Crippen LogP contribution in [0.15, 0.2) is 65.6 Å². The molecule has 4 rings (SSSR count). The standard InChI is InChI=1S/C21H26N2O3S/c24-17-21-11-12-23(27(25,26)20-9-5-2-6-10-20)15-19(21)14-22(16-21)13-18-7-3-1-4-8-18/h1-10,19,24H,11-17H2/t19-,21-/m0/s1. The predicted octanol–water partition coefficient (Wildman–Crippen LogP) is 2.19. The molecule has 5 nitrogen and oxygen atoms in total. The zero-order valence-corrected chi connectivity index (χ0v) is 16.2. The first-order chi connectivity index (χ1) is 13.0. The first-order valence-corrected chi connectivity index (χ1v) is 10.9. The molecule has 2 atom stereocenters. The monoisotopic (exact) mass is 386 g/mol. The second-order valence-electron chi connectivity index (χ2n) is 7.80. The molecule has 2 aliphatic rings. The van der Waals surface area contributed by atoms with E-state index in [1.54, 1.807) is 28.6 Å². The Morgan fingerprint density at radius 1 is 1.00 bits per heavy atom. The van der Waals surface area contributed by atoms with Crippen molar-refractivity contribution in [2.24, 2.45) is 11.3 Å². The minimum absolute atomic E-state index is 0.113. The molecule has 2 aromatic carbocycles. The molecular formula is C21H26N2O3S. The van der Waals surface area contributed by atoms with Gasteiger partial charge in [0.2, 0.25) is 10.0 Å². The topological polar surface area (TPSA) is 60.9 Å². The van der Waals surface area contributed by atoms with Crippen LogP contribution in [0.4, 0.5) is 0 Å². The number of hydrogen-bond donors (Lipinski definition) is 1. The summed E-state index contributed by atoms with van der Waals surface area (Å²) in [6.45, 7) is 3.53. The normalized spacial score (nSPS) is 26.8. The van der Waals surface area contributed by atoms with Crippen molar-refractivity contribution in [2.75, 3.05) is 32.8 Å². The molecule has 0 radical (unpaired) electrons. The Morgan fingerprint density at radius 3 is 2.33 bits per heavy atom. The molecular weight excluding hydrogens is 360 g/mol. The van der Waals surface area contributed by atoms with Crippen LogP contribution >= 0.6 is 0 Å². The molecule has 1 N–H and O–H groups in total. The summed E-state index contributed by atoms with van der Waals surface area (Å²) < 4.78 is 27.6. The zero-order chi connectivity index (χ0) is 18.9. The zero-order valence-electron chi connectivity index (χ0n) is 15.4. The third-order valence-electron chi connectivity index (χ3n) is 6.11. The Bertz CT molecular complexity index is 873. The van der Waals surface area contributed by atoms with E-state index in [9.17, 15) is 13.5 Å². The van der Waals surface area contributed by atoms with Gasteiger partial charge in [0.15, 0.2) is 0 Å². The van der Waals surface area contributed by atoms with Crippen molar-refractivity contribution in [2.45, 2.75) is 17.9 Å². The fraction of sp³-hybridized carbons (Fsp3) is 0.429. The van der Waals surface area contributed by atoms with E-state index in [0.29, 0.717) is 24.4 Å². The van der Waals surface area contributed by atoms with Crippen LogP contribution in [0.2, 0.25) is 0 Å². The number of piperidine rings is 1. The molecule has 0 aromatic heterocycles. The number of likely N-dealkylation sites (tertiary alicyclic amines) is 1. The van der Waals surface area contributed by atoms with Crippen LogP contribution in [-0.4, -0.2) is 55.5 Å². The van der Waals surface area contributed by atoms with Crippen LogP contribution in [0, 0.1) is 11.3 Å². The molecule has 0 unspecified atom stereocenters. The molecule has 2 saturated heterocycles. The van der Waals surface area contributed by atoms with Gasteiger partial charge in [0, 0.05) is 38.1 Å². The number of sulfonamides is 1. The molecule has 0 spiro atoms. The minimum atomic E-state index is -3.48. The molecule has 144 valence electrons. The van der Waals surface area contributed by atoms with Crippen molar-refractivity contribution >= 4 is 10.0 Å². The third kappa shape index (κ3) is 3.55. The first-order valence-electron chi connectivity index (χ1n) is 9.46. The Hall–Kier alpha value is -1.73.